The van der Waals surface area contributed by atoms with Crippen LogP contribution in [0.2, 0.25) is 0 Å². The molecular weight excluding hydrogens is 448 g/mol. The zero-order valence-electron chi connectivity index (χ0n) is 22.3. The molecule has 1 aromatic heterocycles. The molecule has 1 heterocycles. The number of esters is 1. The van der Waals surface area contributed by atoms with E-state index in [0.29, 0.717) is 30.1 Å². The highest BCUT2D eigenvalue weighted by molar-refractivity contribution is 5.82. The van der Waals surface area contributed by atoms with E-state index in [1.807, 2.05) is 10.8 Å². The van der Waals surface area contributed by atoms with Crippen molar-refractivity contribution in [2.45, 2.75) is 110 Å². The van der Waals surface area contributed by atoms with Crippen molar-refractivity contribution in [3.63, 3.8) is 0 Å². The second-order valence-electron chi connectivity index (χ2n) is 13.3. The van der Waals surface area contributed by atoms with Crippen molar-refractivity contribution in [1.82, 2.24) is 9.55 Å². The Balaban J connectivity index is 1.14. The number of hydrogen-bond donors (Lipinski definition) is 0. The zero-order chi connectivity index (χ0) is 24.9. The molecule has 4 saturated carbocycles. The molecule has 0 spiro atoms. The summed E-state index contributed by atoms with van der Waals surface area (Å²) in [4.78, 5) is 30.3. The predicted octanol–water partition coefficient (Wildman–Crippen LogP) is 6.52. The Bertz CT molecular complexity index is 1010. The van der Waals surface area contributed by atoms with Crippen LogP contribution in [0.15, 0.2) is 30.4 Å². The number of hydrogen-bond acceptors (Lipinski definition) is 4. The molecule has 0 amide bonds. The fourth-order valence-corrected chi connectivity index (χ4v) is 9.53. The number of ether oxygens (including phenoxy) is 1. The predicted molar refractivity (Wildman–Crippen MR) is 139 cm³/mol. The lowest BCUT2D eigenvalue weighted by Gasteiger charge is -2.58. The third-order valence-corrected chi connectivity index (χ3v) is 11.6. The lowest BCUT2D eigenvalue weighted by atomic mass is 9.47. The SMILES string of the molecule is C[C@]12CC[C@H]3[C@@H](CC=C4C[C@@H](OC(=O)C5CCCCC5)CC[C@@]43C)[C@@H]1CC[C@@H]2C(=O)Cn1ccnc1. The summed E-state index contributed by atoms with van der Waals surface area (Å²) in [6.07, 6.45) is 22.5. The van der Waals surface area contributed by atoms with Crippen molar-refractivity contribution in [2.24, 2.45) is 40.4 Å². The number of nitrogens with zero attached hydrogens (tertiary/aromatic N) is 2. The van der Waals surface area contributed by atoms with Crippen LogP contribution in [0.3, 0.4) is 0 Å². The van der Waals surface area contributed by atoms with E-state index >= 15 is 0 Å². The van der Waals surface area contributed by atoms with Crippen molar-refractivity contribution in [2.75, 3.05) is 0 Å². The average molecular weight is 493 g/mol. The zero-order valence-corrected chi connectivity index (χ0v) is 22.3. The summed E-state index contributed by atoms with van der Waals surface area (Å²) >= 11 is 0. The molecule has 36 heavy (non-hydrogen) atoms. The molecule has 4 fully saturated rings. The van der Waals surface area contributed by atoms with E-state index in [-0.39, 0.29) is 34.7 Å². The fourth-order valence-electron chi connectivity index (χ4n) is 9.53. The highest BCUT2D eigenvalue weighted by Crippen LogP contribution is 2.66. The van der Waals surface area contributed by atoms with Crippen LogP contribution >= 0.6 is 0 Å². The maximum Gasteiger partial charge on any atom is 0.309 e. The van der Waals surface area contributed by atoms with E-state index in [4.69, 9.17) is 4.74 Å². The molecule has 5 aliphatic rings. The number of ketones is 1. The van der Waals surface area contributed by atoms with Gasteiger partial charge in [-0.1, -0.05) is 44.8 Å². The van der Waals surface area contributed by atoms with Gasteiger partial charge in [0, 0.05) is 24.7 Å². The van der Waals surface area contributed by atoms with Crippen molar-refractivity contribution in [3.8, 4) is 0 Å². The molecule has 196 valence electrons. The number of allylic oxidation sites excluding steroid dienone is 1. The maximum absolute atomic E-state index is 13.4. The van der Waals surface area contributed by atoms with Crippen LogP contribution < -0.4 is 0 Å². The number of Topliss-reactive ketones (excluding diaryl/α,β-unsaturated/α-hetero) is 1. The van der Waals surface area contributed by atoms with Gasteiger partial charge in [0.25, 0.3) is 0 Å². The summed E-state index contributed by atoms with van der Waals surface area (Å²) in [7, 11) is 0. The third-order valence-electron chi connectivity index (χ3n) is 11.6. The molecule has 0 aromatic carbocycles. The lowest BCUT2D eigenvalue weighted by molar-refractivity contribution is -0.157. The van der Waals surface area contributed by atoms with Crippen LogP contribution in [0.1, 0.15) is 97.3 Å². The van der Waals surface area contributed by atoms with Gasteiger partial charge in [0.15, 0.2) is 5.78 Å². The highest BCUT2D eigenvalue weighted by Gasteiger charge is 2.59. The first kappa shape index (κ1) is 24.4. The van der Waals surface area contributed by atoms with Crippen molar-refractivity contribution < 1.29 is 14.3 Å². The van der Waals surface area contributed by atoms with E-state index in [1.165, 1.54) is 38.5 Å². The molecule has 7 atom stereocenters. The number of aromatic nitrogens is 2. The largest absolute Gasteiger partial charge is 0.462 e. The van der Waals surface area contributed by atoms with Crippen LogP contribution in [-0.4, -0.2) is 27.4 Å². The van der Waals surface area contributed by atoms with Crippen LogP contribution in [0, 0.1) is 40.4 Å². The Morgan fingerprint density at radius 2 is 1.86 bits per heavy atom. The normalized spacial score (nSPS) is 40.5. The minimum Gasteiger partial charge on any atom is -0.462 e. The van der Waals surface area contributed by atoms with Gasteiger partial charge in [-0.05, 0) is 86.4 Å². The van der Waals surface area contributed by atoms with E-state index in [0.717, 1.165) is 44.9 Å². The first-order chi connectivity index (χ1) is 17.4. The topological polar surface area (TPSA) is 61.2 Å². The Morgan fingerprint density at radius 3 is 2.64 bits per heavy atom. The molecule has 5 heteroatoms. The molecule has 5 nitrogen and oxygen atoms in total. The molecule has 0 unspecified atom stereocenters. The van der Waals surface area contributed by atoms with E-state index < -0.39 is 0 Å². The monoisotopic (exact) mass is 492 g/mol. The maximum atomic E-state index is 13.4. The number of imidazole rings is 1. The molecule has 5 aliphatic carbocycles. The standard InChI is InChI=1S/C31H44N2O3/c1-30-14-12-23(36-29(35)21-6-4-3-5-7-21)18-22(30)8-9-24-25-10-11-27(31(25,2)15-13-26(24)30)28(34)19-33-17-16-32-20-33/h8,16-17,20-21,23-27H,3-7,9-15,18-19H2,1-2H3/t23-,24-,25-,26-,27+,30-,31-/m0/s1. The van der Waals surface area contributed by atoms with Crippen LogP contribution in [0.25, 0.3) is 0 Å². The van der Waals surface area contributed by atoms with Crippen LogP contribution in [0.5, 0.6) is 0 Å². The van der Waals surface area contributed by atoms with Crippen LogP contribution in [-0.2, 0) is 20.9 Å². The summed E-state index contributed by atoms with van der Waals surface area (Å²) in [6, 6.07) is 0. The van der Waals surface area contributed by atoms with Crippen molar-refractivity contribution in [1.29, 1.82) is 0 Å². The summed E-state index contributed by atoms with van der Waals surface area (Å²) < 4.78 is 8.04. The quantitative estimate of drug-likeness (QED) is 0.347. The van der Waals surface area contributed by atoms with E-state index in [2.05, 4.69) is 24.9 Å². The third kappa shape index (κ3) is 4.09. The number of fused-ring (bicyclic) bond motifs is 5. The Morgan fingerprint density at radius 1 is 1.03 bits per heavy atom. The lowest BCUT2D eigenvalue weighted by Crippen LogP contribution is -2.51. The first-order valence-corrected chi connectivity index (χ1v) is 14.8. The fraction of sp³-hybridized carbons (Fsp3) is 0.774. The summed E-state index contributed by atoms with van der Waals surface area (Å²) in [5, 5.41) is 0. The Hall–Kier alpha value is -1.91. The highest BCUT2D eigenvalue weighted by atomic mass is 16.5. The summed E-state index contributed by atoms with van der Waals surface area (Å²) in [6.45, 7) is 5.40. The van der Waals surface area contributed by atoms with Gasteiger partial charge in [-0.3, -0.25) is 9.59 Å². The molecular formula is C31H44N2O3. The molecule has 0 radical (unpaired) electrons. The second kappa shape index (κ2) is 9.44. The van der Waals surface area contributed by atoms with Crippen molar-refractivity contribution >= 4 is 11.8 Å². The molecule has 6 rings (SSSR count). The minimum absolute atomic E-state index is 0.0702. The summed E-state index contributed by atoms with van der Waals surface area (Å²) in [5.41, 5.74) is 1.93. The Kier molecular flexibility index (Phi) is 6.40. The van der Waals surface area contributed by atoms with E-state index in [1.54, 1.807) is 18.1 Å². The van der Waals surface area contributed by atoms with Gasteiger partial charge < -0.3 is 9.30 Å². The van der Waals surface area contributed by atoms with Gasteiger partial charge in [0.2, 0.25) is 0 Å². The minimum atomic E-state index is 0.0702. The molecule has 1 aromatic rings. The number of rotatable bonds is 5. The number of carbonyl (C=O) groups is 2. The van der Waals surface area contributed by atoms with Gasteiger partial charge in [-0.15, -0.1) is 0 Å². The van der Waals surface area contributed by atoms with Gasteiger partial charge in [-0.25, -0.2) is 4.98 Å². The van der Waals surface area contributed by atoms with Gasteiger partial charge in [-0.2, -0.15) is 0 Å². The molecule has 0 N–H and O–H groups in total. The van der Waals surface area contributed by atoms with Gasteiger partial charge >= 0.3 is 5.97 Å². The van der Waals surface area contributed by atoms with Crippen molar-refractivity contribution in [3.05, 3.63) is 30.4 Å². The smallest absolute Gasteiger partial charge is 0.309 e. The first-order valence-electron chi connectivity index (χ1n) is 14.8. The Labute approximate surface area is 216 Å². The van der Waals surface area contributed by atoms with Crippen LogP contribution in [0.4, 0.5) is 0 Å². The van der Waals surface area contributed by atoms with Gasteiger partial charge in [0.1, 0.15) is 6.10 Å². The summed E-state index contributed by atoms with van der Waals surface area (Å²) in [5.74, 6) is 2.82. The second-order valence-corrected chi connectivity index (χ2v) is 13.3. The van der Waals surface area contributed by atoms with E-state index in [9.17, 15) is 9.59 Å². The molecule has 0 saturated heterocycles. The molecule has 0 aliphatic heterocycles. The van der Waals surface area contributed by atoms with Gasteiger partial charge in [0.05, 0.1) is 18.8 Å². The molecule has 0 bridgehead atoms. The number of carbonyl (C=O) groups excluding carboxylic acids is 2. The average Bonchev–Trinajstić information content (AvgIpc) is 3.52.